The Bertz CT molecular complexity index is 590. The van der Waals surface area contributed by atoms with Crippen LogP contribution in [0.1, 0.15) is 18.4 Å². The van der Waals surface area contributed by atoms with E-state index in [9.17, 15) is 13.2 Å². The van der Waals surface area contributed by atoms with E-state index in [1.54, 1.807) is 12.1 Å². The first-order chi connectivity index (χ1) is 9.84. The first-order valence-electron chi connectivity index (χ1n) is 6.93. The molecule has 1 aromatic carbocycles. The molecule has 0 saturated carbocycles. The number of piperidine rings is 1. The van der Waals surface area contributed by atoms with Gasteiger partial charge >= 0.3 is 0 Å². The number of hydrogen-bond donors (Lipinski definition) is 2. The molecule has 1 aliphatic rings. The average Bonchev–Trinajstić information content (AvgIpc) is 2.41. The molecule has 0 bridgehead atoms. The van der Waals surface area contributed by atoms with Crippen molar-refractivity contribution in [1.82, 2.24) is 9.62 Å². The third-order valence-electron chi connectivity index (χ3n) is 3.63. The minimum absolute atomic E-state index is 0.0439. The highest BCUT2D eigenvalue weighted by molar-refractivity contribution is 7.88. The van der Waals surface area contributed by atoms with Gasteiger partial charge in [-0.1, -0.05) is 12.1 Å². The van der Waals surface area contributed by atoms with Gasteiger partial charge in [0, 0.05) is 24.8 Å². The van der Waals surface area contributed by atoms with Crippen LogP contribution in [-0.4, -0.2) is 44.0 Å². The predicted octanol–water partition coefficient (Wildman–Crippen LogP) is 0.352. The summed E-state index contributed by atoms with van der Waals surface area (Å²) in [6.45, 7) is 0.928. The minimum atomic E-state index is -3.12. The summed E-state index contributed by atoms with van der Waals surface area (Å²) in [5.41, 5.74) is 7.19. The van der Waals surface area contributed by atoms with E-state index in [1.165, 1.54) is 10.6 Å². The highest BCUT2D eigenvalue weighted by Crippen LogP contribution is 2.13. The molecule has 1 heterocycles. The Morgan fingerprint density at radius 2 is 1.86 bits per heavy atom. The number of benzene rings is 1. The van der Waals surface area contributed by atoms with Gasteiger partial charge in [0.15, 0.2) is 0 Å². The fourth-order valence-corrected chi connectivity index (χ4v) is 3.31. The van der Waals surface area contributed by atoms with E-state index in [2.05, 4.69) is 5.32 Å². The number of carbonyl (C=O) groups is 1. The summed E-state index contributed by atoms with van der Waals surface area (Å²) in [6.07, 6.45) is 2.83. The van der Waals surface area contributed by atoms with Crippen molar-refractivity contribution in [1.29, 1.82) is 0 Å². The molecule has 0 spiro atoms. The normalized spacial score (nSPS) is 17.6. The molecule has 1 fully saturated rings. The SMILES string of the molecule is CS(=O)(=O)N1CCC(NC(=O)Cc2ccc(N)cc2)CC1. The van der Waals surface area contributed by atoms with Crippen molar-refractivity contribution in [2.24, 2.45) is 0 Å². The first kappa shape index (κ1) is 15.8. The Kier molecular flexibility index (Phi) is 4.84. The zero-order valence-electron chi connectivity index (χ0n) is 12.1. The van der Waals surface area contributed by atoms with Crippen LogP contribution in [0.2, 0.25) is 0 Å². The number of nitrogen functional groups attached to an aromatic ring is 1. The van der Waals surface area contributed by atoms with Crippen LogP contribution < -0.4 is 11.1 Å². The van der Waals surface area contributed by atoms with Crippen LogP contribution in [0, 0.1) is 0 Å². The van der Waals surface area contributed by atoms with E-state index in [-0.39, 0.29) is 11.9 Å². The number of rotatable bonds is 4. The van der Waals surface area contributed by atoms with E-state index in [4.69, 9.17) is 5.73 Å². The largest absolute Gasteiger partial charge is 0.399 e. The number of nitrogens with two attached hydrogens (primary N) is 1. The van der Waals surface area contributed by atoms with Crippen molar-refractivity contribution >= 4 is 21.6 Å². The minimum Gasteiger partial charge on any atom is -0.399 e. The quantitative estimate of drug-likeness (QED) is 0.785. The van der Waals surface area contributed by atoms with Crippen molar-refractivity contribution < 1.29 is 13.2 Å². The van der Waals surface area contributed by atoms with Gasteiger partial charge in [-0.2, -0.15) is 0 Å². The summed E-state index contributed by atoms with van der Waals surface area (Å²) in [5.74, 6) is -0.0439. The van der Waals surface area contributed by atoms with Crippen molar-refractivity contribution in [3.63, 3.8) is 0 Å². The fourth-order valence-electron chi connectivity index (χ4n) is 2.43. The fraction of sp³-hybridized carbons (Fsp3) is 0.500. The van der Waals surface area contributed by atoms with Gasteiger partial charge in [0.2, 0.25) is 15.9 Å². The molecule has 0 atom stereocenters. The van der Waals surface area contributed by atoms with Gasteiger partial charge in [0.25, 0.3) is 0 Å². The molecular formula is C14H21N3O3S. The summed E-state index contributed by atoms with van der Waals surface area (Å²) in [7, 11) is -3.12. The molecule has 0 aromatic heterocycles. The summed E-state index contributed by atoms with van der Waals surface area (Å²) in [5, 5.41) is 2.96. The topological polar surface area (TPSA) is 92.5 Å². The molecule has 2 rings (SSSR count). The monoisotopic (exact) mass is 311 g/mol. The number of sulfonamides is 1. The lowest BCUT2D eigenvalue weighted by Crippen LogP contribution is -2.46. The molecule has 7 heteroatoms. The number of hydrogen-bond acceptors (Lipinski definition) is 4. The Labute approximate surface area is 125 Å². The van der Waals surface area contributed by atoms with Gasteiger partial charge in [-0.25, -0.2) is 12.7 Å². The van der Waals surface area contributed by atoms with Crippen molar-refractivity contribution in [2.75, 3.05) is 25.1 Å². The zero-order valence-corrected chi connectivity index (χ0v) is 12.9. The van der Waals surface area contributed by atoms with E-state index in [1.807, 2.05) is 12.1 Å². The average molecular weight is 311 g/mol. The first-order valence-corrected chi connectivity index (χ1v) is 8.78. The summed E-state index contributed by atoms with van der Waals surface area (Å²) in [4.78, 5) is 12.0. The molecule has 0 unspecified atom stereocenters. The second-order valence-electron chi connectivity index (χ2n) is 5.42. The second-order valence-corrected chi connectivity index (χ2v) is 7.40. The Morgan fingerprint density at radius 3 is 2.38 bits per heavy atom. The number of nitrogens with one attached hydrogen (secondary N) is 1. The van der Waals surface area contributed by atoms with E-state index in [0.717, 1.165) is 5.56 Å². The molecule has 0 aliphatic carbocycles. The van der Waals surface area contributed by atoms with E-state index in [0.29, 0.717) is 38.0 Å². The maximum Gasteiger partial charge on any atom is 0.224 e. The molecule has 1 amide bonds. The zero-order chi connectivity index (χ0) is 15.5. The van der Waals surface area contributed by atoms with Gasteiger partial charge < -0.3 is 11.1 Å². The van der Waals surface area contributed by atoms with Crippen molar-refractivity contribution in [3.05, 3.63) is 29.8 Å². The maximum absolute atomic E-state index is 12.0. The van der Waals surface area contributed by atoms with Gasteiger partial charge in [-0.3, -0.25) is 4.79 Å². The second kappa shape index (κ2) is 6.44. The van der Waals surface area contributed by atoms with Crippen LogP contribution in [-0.2, 0) is 21.2 Å². The molecule has 116 valence electrons. The number of amides is 1. The van der Waals surface area contributed by atoms with Crippen molar-refractivity contribution in [3.8, 4) is 0 Å². The lowest BCUT2D eigenvalue weighted by molar-refractivity contribution is -0.121. The molecule has 1 aliphatic heterocycles. The molecule has 3 N–H and O–H groups in total. The van der Waals surface area contributed by atoms with Crippen molar-refractivity contribution in [2.45, 2.75) is 25.3 Å². The van der Waals surface area contributed by atoms with Crippen LogP contribution in [0.4, 0.5) is 5.69 Å². The molecule has 1 aromatic rings. The smallest absolute Gasteiger partial charge is 0.224 e. The Balaban J connectivity index is 1.80. The predicted molar refractivity (Wildman–Crippen MR) is 82.1 cm³/mol. The van der Waals surface area contributed by atoms with Gasteiger partial charge in [-0.05, 0) is 30.5 Å². The molecule has 6 nitrogen and oxygen atoms in total. The highest BCUT2D eigenvalue weighted by atomic mass is 32.2. The molecule has 1 saturated heterocycles. The van der Waals surface area contributed by atoms with Gasteiger partial charge in [0.05, 0.1) is 12.7 Å². The van der Waals surface area contributed by atoms with Gasteiger partial charge in [0.1, 0.15) is 0 Å². The van der Waals surface area contributed by atoms with E-state index >= 15 is 0 Å². The molecule has 21 heavy (non-hydrogen) atoms. The summed E-state index contributed by atoms with van der Waals surface area (Å²) in [6, 6.07) is 7.26. The summed E-state index contributed by atoms with van der Waals surface area (Å²) >= 11 is 0. The molecular weight excluding hydrogens is 290 g/mol. The Hall–Kier alpha value is -1.60. The lowest BCUT2D eigenvalue weighted by atomic mass is 10.1. The standard InChI is InChI=1S/C14H21N3O3S/c1-21(19,20)17-8-6-13(7-9-17)16-14(18)10-11-2-4-12(15)5-3-11/h2-5,13H,6-10,15H2,1H3,(H,16,18). The van der Waals surface area contributed by atoms with Gasteiger partial charge in [-0.15, -0.1) is 0 Å². The van der Waals surface area contributed by atoms with Crippen LogP contribution in [0.5, 0.6) is 0 Å². The highest BCUT2D eigenvalue weighted by Gasteiger charge is 2.25. The third kappa shape index (κ3) is 4.71. The number of nitrogens with zero attached hydrogens (tertiary/aromatic N) is 1. The molecule has 0 radical (unpaired) electrons. The lowest BCUT2D eigenvalue weighted by Gasteiger charge is -2.30. The third-order valence-corrected chi connectivity index (χ3v) is 4.94. The summed E-state index contributed by atoms with van der Waals surface area (Å²) < 4.78 is 24.3. The van der Waals surface area contributed by atoms with Crippen LogP contribution in [0.25, 0.3) is 0 Å². The van der Waals surface area contributed by atoms with Crippen LogP contribution >= 0.6 is 0 Å². The number of carbonyl (C=O) groups excluding carboxylic acids is 1. The number of anilines is 1. The maximum atomic E-state index is 12.0. The Morgan fingerprint density at radius 1 is 1.29 bits per heavy atom. The van der Waals surface area contributed by atoms with Crippen LogP contribution in [0.3, 0.4) is 0 Å². The van der Waals surface area contributed by atoms with E-state index < -0.39 is 10.0 Å². The van der Waals surface area contributed by atoms with Crippen LogP contribution in [0.15, 0.2) is 24.3 Å².